The van der Waals surface area contributed by atoms with Gasteiger partial charge in [0.2, 0.25) is 5.91 Å². The number of halogens is 1. The van der Waals surface area contributed by atoms with Crippen LogP contribution in [0.2, 0.25) is 0 Å². The third-order valence-electron chi connectivity index (χ3n) is 6.42. The first kappa shape index (κ1) is 25.3. The van der Waals surface area contributed by atoms with Crippen molar-refractivity contribution >= 4 is 33.9 Å². The van der Waals surface area contributed by atoms with Crippen LogP contribution in [0, 0.1) is 5.82 Å². The zero-order chi connectivity index (χ0) is 26.8. The van der Waals surface area contributed by atoms with Crippen LogP contribution in [0.25, 0.3) is 10.9 Å². The van der Waals surface area contributed by atoms with Gasteiger partial charge in [-0.2, -0.15) is 0 Å². The van der Waals surface area contributed by atoms with Crippen LogP contribution in [0.5, 0.6) is 17.4 Å². The summed E-state index contributed by atoms with van der Waals surface area (Å²) >= 11 is 0. The fourth-order valence-corrected chi connectivity index (χ4v) is 4.36. The number of aromatic nitrogens is 1. The first-order chi connectivity index (χ1) is 18.3. The molecule has 4 aromatic rings. The number of rotatable bonds is 7. The normalized spacial score (nSPS) is 13.2. The van der Waals surface area contributed by atoms with Crippen molar-refractivity contribution in [3.8, 4) is 17.4 Å². The van der Waals surface area contributed by atoms with E-state index in [4.69, 9.17) is 14.5 Å². The van der Waals surface area contributed by atoms with Crippen molar-refractivity contribution in [2.24, 2.45) is 4.99 Å². The Morgan fingerprint density at radius 3 is 2.47 bits per heavy atom. The molecule has 0 saturated carbocycles. The lowest BCUT2D eigenvalue weighted by Crippen LogP contribution is -2.29. The number of carbonyl (C=O) groups excluding carboxylic acids is 1. The molecule has 2 N–H and O–H groups in total. The lowest BCUT2D eigenvalue weighted by Gasteiger charge is -2.19. The highest BCUT2D eigenvalue weighted by Crippen LogP contribution is 2.36. The SMILES string of the molecule is CN(C)CCC(=O)N(C)c1ccc(N=C(c2ccc3c(c2)OCCO3)c2c(O)[nH]c3cc(F)ccc23)cc1. The highest BCUT2D eigenvalue weighted by molar-refractivity contribution is 6.22. The van der Waals surface area contributed by atoms with Crippen molar-refractivity contribution < 1.29 is 23.8 Å². The minimum absolute atomic E-state index is 0.0165. The minimum Gasteiger partial charge on any atom is -0.494 e. The number of hydrogen-bond acceptors (Lipinski definition) is 6. The van der Waals surface area contributed by atoms with E-state index in [0.29, 0.717) is 71.1 Å². The van der Waals surface area contributed by atoms with Crippen LogP contribution in [0.4, 0.5) is 15.8 Å². The Balaban J connectivity index is 1.56. The summed E-state index contributed by atoms with van der Waals surface area (Å²) in [6.45, 7) is 1.58. The van der Waals surface area contributed by atoms with Gasteiger partial charge in [0.1, 0.15) is 19.0 Å². The Bertz CT molecular complexity index is 1510. The molecule has 196 valence electrons. The summed E-state index contributed by atoms with van der Waals surface area (Å²) in [5.41, 5.74) is 3.42. The van der Waals surface area contributed by atoms with Gasteiger partial charge in [0, 0.05) is 36.7 Å². The van der Waals surface area contributed by atoms with Crippen LogP contribution in [-0.2, 0) is 4.79 Å². The highest BCUT2D eigenvalue weighted by Gasteiger charge is 2.22. The maximum absolute atomic E-state index is 13.9. The second-order valence-electron chi connectivity index (χ2n) is 9.38. The van der Waals surface area contributed by atoms with Crippen molar-refractivity contribution in [2.75, 3.05) is 45.8 Å². The third kappa shape index (κ3) is 5.19. The van der Waals surface area contributed by atoms with Gasteiger partial charge in [-0.25, -0.2) is 9.38 Å². The molecule has 5 rings (SSSR count). The number of ether oxygens (including phenoxy) is 2. The topological polar surface area (TPSA) is 90.4 Å². The summed E-state index contributed by atoms with van der Waals surface area (Å²) in [6, 6.07) is 17.1. The zero-order valence-corrected chi connectivity index (χ0v) is 21.5. The molecule has 0 spiro atoms. The standard InChI is InChI=1S/C29H29FN4O4/c1-33(2)13-12-26(35)34(3)21-8-6-20(7-9-21)31-28(18-4-11-24-25(16-18)38-15-14-37-24)27-22-10-5-19(30)17-23(22)32-29(27)36/h4-11,16-17,32,36H,12-15H2,1-3H3. The summed E-state index contributed by atoms with van der Waals surface area (Å²) < 4.78 is 25.3. The first-order valence-electron chi connectivity index (χ1n) is 12.3. The van der Waals surface area contributed by atoms with Gasteiger partial charge < -0.3 is 29.4 Å². The van der Waals surface area contributed by atoms with Crippen molar-refractivity contribution in [2.45, 2.75) is 6.42 Å². The number of amides is 1. The van der Waals surface area contributed by atoms with E-state index in [9.17, 15) is 14.3 Å². The number of nitrogens with zero attached hydrogens (tertiary/aromatic N) is 3. The Morgan fingerprint density at radius 1 is 1.00 bits per heavy atom. The lowest BCUT2D eigenvalue weighted by molar-refractivity contribution is -0.118. The Labute approximate surface area is 219 Å². The average Bonchev–Trinajstić information content (AvgIpc) is 3.24. The molecule has 1 amide bonds. The molecule has 3 aromatic carbocycles. The van der Waals surface area contributed by atoms with Gasteiger partial charge >= 0.3 is 0 Å². The van der Waals surface area contributed by atoms with Gasteiger partial charge in [-0.1, -0.05) is 0 Å². The maximum atomic E-state index is 13.9. The van der Waals surface area contributed by atoms with Crippen molar-refractivity contribution in [3.63, 3.8) is 0 Å². The van der Waals surface area contributed by atoms with Gasteiger partial charge in [-0.05, 0) is 74.8 Å². The van der Waals surface area contributed by atoms with E-state index >= 15 is 0 Å². The molecule has 9 heteroatoms. The predicted octanol–water partition coefficient (Wildman–Crippen LogP) is 4.87. The summed E-state index contributed by atoms with van der Waals surface area (Å²) in [7, 11) is 5.61. The quantitative estimate of drug-likeness (QED) is 0.342. The van der Waals surface area contributed by atoms with E-state index in [1.54, 1.807) is 18.0 Å². The number of hydrogen-bond donors (Lipinski definition) is 2. The number of aromatic hydroxyl groups is 1. The lowest BCUT2D eigenvalue weighted by atomic mass is 10.00. The van der Waals surface area contributed by atoms with Crippen LogP contribution in [0.1, 0.15) is 17.5 Å². The molecule has 38 heavy (non-hydrogen) atoms. The van der Waals surface area contributed by atoms with Crippen LogP contribution in [0.3, 0.4) is 0 Å². The molecule has 0 bridgehead atoms. The predicted molar refractivity (Wildman–Crippen MR) is 146 cm³/mol. The Hall–Kier alpha value is -4.37. The molecule has 1 aliphatic heterocycles. The molecule has 8 nitrogen and oxygen atoms in total. The number of aliphatic imine (C=N–C) groups is 1. The smallest absolute Gasteiger partial charge is 0.228 e. The summed E-state index contributed by atoms with van der Waals surface area (Å²) in [5, 5.41) is 11.5. The van der Waals surface area contributed by atoms with Crippen molar-refractivity contribution in [1.82, 2.24) is 9.88 Å². The second-order valence-corrected chi connectivity index (χ2v) is 9.38. The van der Waals surface area contributed by atoms with E-state index in [-0.39, 0.29) is 11.8 Å². The molecule has 0 fully saturated rings. The van der Waals surface area contributed by atoms with E-state index in [1.165, 1.54) is 12.1 Å². The Morgan fingerprint density at radius 2 is 1.74 bits per heavy atom. The van der Waals surface area contributed by atoms with Crippen molar-refractivity contribution in [1.29, 1.82) is 0 Å². The monoisotopic (exact) mass is 516 g/mol. The van der Waals surface area contributed by atoms with Crippen molar-refractivity contribution in [3.05, 3.63) is 77.6 Å². The Kier molecular flexibility index (Phi) is 7.02. The number of carbonyl (C=O) groups is 1. The summed E-state index contributed by atoms with van der Waals surface area (Å²) in [5.74, 6) is 0.698. The van der Waals surface area contributed by atoms with Gasteiger partial charge in [0.15, 0.2) is 17.4 Å². The van der Waals surface area contributed by atoms with Gasteiger partial charge in [-0.15, -0.1) is 0 Å². The van der Waals surface area contributed by atoms with Gasteiger partial charge in [0.05, 0.1) is 22.5 Å². The number of aromatic amines is 1. The molecule has 1 aromatic heterocycles. The number of nitrogens with one attached hydrogen (secondary N) is 1. The zero-order valence-electron chi connectivity index (χ0n) is 21.5. The first-order valence-corrected chi connectivity index (χ1v) is 12.3. The fourth-order valence-electron chi connectivity index (χ4n) is 4.36. The molecular weight excluding hydrogens is 487 g/mol. The van der Waals surface area contributed by atoms with E-state index in [2.05, 4.69) is 4.98 Å². The number of H-pyrrole nitrogens is 1. The summed E-state index contributed by atoms with van der Waals surface area (Å²) in [4.78, 5) is 23.9. The average molecular weight is 517 g/mol. The second kappa shape index (κ2) is 10.5. The van der Waals surface area contributed by atoms with Gasteiger partial charge in [-0.3, -0.25) is 4.79 Å². The molecule has 1 aliphatic rings. The van der Waals surface area contributed by atoms with Crippen LogP contribution in [-0.4, -0.2) is 67.5 Å². The van der Waals surface area contributed by atoms with Gasteiger partial charge in [0.25, 0.3) is 0 Å². The molecule has 0 aliphatic carbocycles. The van der Waals surface area contributed by atoms with Crippen LogP contribution in [0.15, 0.2) is 65.7 Å². The van der Waals surface area contributed by atoms with E-state index in [0.717, 1.165) is 5.69 Å². The maximum Gasteiger partial charge on any atom is 0.228 e. The molecule has 0 atom stereocenters. The number of anilines is 1. The molecule has 0 unspecified atom stereocenters. The molecule has 2 heterocycles. The van der Waals surface area contributed by atoms with Crippen LogP contribution < -0.4 is 14.4 Å². The minimum atomic E-state index is -0.414. The molecular formula is C29H29FN4O4. The summed E-state index contributed by atoms with van der Waals surface area (Å²) in [6.07, 6.45) is 0.415. The number of benzene rings is 3. The third-order valence-corrected chi connectivity index (χ3v) is 6.42. The highest BCUT2D eigenvalue weighted by atomic mass is 19.1. The van der Waals surface area contributed by atoms with E-state index < -0.39 is 5.82 Å². The molecule has 0 saturated heterocycles. The van der Waals surface area contributed by atoms with E-state index in [1.807, 2.05) is 61.5 Å². The molecule has 0 radical (unpaired) electrons. The fraction of sp³-hybridized carbons (Fsp3) is 0.241. The number of fused-ring (bicyclic) bond motifs is 2. The largest absolute Gasteiger partial charge is 0.494 e. The van der Waals surface area contributed by atoms with Crippen LogP contribution >= 0.6 is 0 Å².